The number of aliphatic hydroxyl groups is 1. The largest absolute Gasteiger partial charge is 0.389 e. The summed E-state index contributed by atoms with van der Waals surface area (Å²) in [6.07, 6.45) is 5.25. The zero-order chi connectivity index (χ0) is 14.5. The van der Waals surface area contributed by atoms with Crippen molar-refractivity contribution in [2.24, 2.45) is 0 Å². The van der Waals surface area contributed by atoms with Crippen molar-refractivity contribution < 1.29 is 14.6 Å². The molecule has 0 aromatic carbocycles. The van der Waals surface area contributed by atoms with Gasteiger partial charge in [0.15, 0.2) is 0 Å². The van der Waals surface area contributed by atoms with Gasteiger partial charge in [-0.2, -0.15) is 0 Å². The van der Waals surface area contributed by atoms with E-state index < -0.39 is 6.10 Å². The molecule has 2 N–H and O–H groups in total. The lowest BCUT2D eigenvalue weighted by molar-refractivity contribution is 0.00385. The highest BCUT2D eigenvalue weighted by molar-refractivity contribution is 5.08. The van der Waals surface area contributed by atoms with Crippen molar-refractivity contribution in [3.8, 4) is 0 Å². The van der Waals surface area contributed by atoms with E-state index in [9.17, 15) is 5.11 Å². The van der Waals surface area contributed by atoms with Gasteiger partial charge < -0.3 is 19.9 Å². The molecule has 0 aliphatic carbocycles. The van der Waals surface area contributed by atoms with Crippen LogP contribution in [0.15, 0.2) is 24.5 Å². The van der Waals surface area contributed by atoms with Gasteiger partial charge in [-0.1, -0.05) is 13.3 Å². The maximum absolute atomic E-state index is 9.73. The maximum Gasteiger partial charge on any atom is 0.0897 e. The van der Waals surface area contributed by atoms with E-state index in [-0.39, 0.29) is 0 Å². The first-order valence-electron chi connectivity index (χ1n) is 7.26. The van der Waals surface area contributed by atoms with Crippen LogP contribution < -0.4 is 5.32 Å². The molecule has 1 unspecified atom stereocenters. The Morgan fingerprint density at radius 3 is 2.70 bits per heavy atom. The van der Waals surface area contributed by atoms with Crippen molar-refractivity contribution in [1.29, 1.82) is 0 Å². The number of nitrogens with zero attached hydrogens (tertiary/aromatic N) is 1. The molecule has 1 rings (SSSR count). The Kier molecular flexibility index (Phi) is 10.0. The second kappa shape index (κ2) is 11.8. The van der Waals surface area contributed by atoms with Crippen LogP contribution in [0.1, 0.15) is 25.3 Å². The van der Waals surface area contributed by atoms with Crippen molar-refractivity contribution in [2.45, 2.75) is 32.4 Å². The number of nitrogens with one attached hydrogen (secondary N) is 1. The fourth-order valence-corrected chi connectivity index (χ4v) is 1.63. The van der Waals surface area contributed by atoms with Crippen LogP contribution in [0.25, 0.3) is 0 Å². The molecule has 0 bridgehead atoms. The second-order valence-corrected chi connectivity index (χ2v) is 4.68. The Balaban J connectivity index is 1.91. The molecule has 1 aromatic rings. The van der Waals surface area contributed by atoms with Gasteiger partial charge in [-0.05, 0) is 24.1 Å². The Morgan fingerprint density at radius 1 is 1.20 bits per heavy atom. The first kappa shape index (κ1) is 17.0. The second-order valence-electron chi connectivity index (χ2n) is 4.68. The lowest BCUT2D eigenvalue weighted by Crippen LogP contribution is -2.30. The summed E-state index contributed by atoms with van der Waals surface area (Å²) in [6, 6.07) is 3.90. The molecular weight excluding hydrogens is 256 g/mol. The average Bonchev–Trinajstić information content (AvgIpc) is 2.47. The fourth-order valence-electron chi connectivity index (χ4n) is 1.63. The van der Waals surface area contributed by atoms with E-state index in [1.165, 1.54) is 0 Å². The van der Waals surface area contributed by atoms with Gasteiger partial charge in [-0.25, -0.2) is 0 Å². The average molecular weight is 282 g/mol. The predicted molar refractivity (Wildman–Crippen MR) is 78.5 cm³/mol. The van der Waals surface area contributed by atoms with E-state index >= 15 is 0 Å². The summed E-state index contributed by atoms with van der Waals surface area (Å²) in [5.74, 6) is 0. The van der Waals surface area contributed by atoms with Crippen LogP contribution in [0.3, 0.4) is 0 Å². The molecule has 5 nitrogen and oxygen atoms in total. The summed E-state index contributed by atoms with van der Waals surface area (Å²) in [6.45, 7) is 5.62. The molecular formula is C15H26N2O3. The number of aromatic nitrogens is 1. The van der Waals surface area contributed by atoms with E-state index in [1.54, 1.807) is 12.4 Å². The minimum atomic E-state index is -0.493. The summed E-state index contributed by atoms with van der Waals surface area (Å²) in [5, 5.41) is 12.9. The van der Waals surface area contributed by atoms with E-state index in [4.69, 9.17) is 9.47 Å². The van der Waals surface area contributed by atoms with Crippen molar-refractivity contribution in [1.82, 2.24) is 10.3 Å². The molecule has 0 saturated carbocycles. The highest BCUT2D eigenvalue weighted by atomic mass is 16.5. The molecule has 1 aromatic heterocycles. The molecule has 1 heterocycles. The van der Waals surface area contributed by atoms with Crippen molar-refractivity contribution >= 4 is 0 Å². The van der Waals surface area contributed by atoms with Gasteiger partial charge in [0.25, 0.3) is 0 Å². The number of aliphatic hydroxyl groups excluding tert-OH is 1. The first-order chi connectivity index (χ1) is 9.83. The molecule has 0 fully saturated rings. The zero-order valence-corrected chi connectivity index (χ0v) is 12.3. The normalized spacial score (nSPS) is 12.5. The maximum atomic E-state index is 9.73. The summed E-state index contributed by atoms with van der Waals surface area (Å²) >= 11 is 0. The van der Waals surface area contributed by atoms with E-state index in [0.29, 0.717) is 26.4 Å². The van der Waals surface area contributed by atoms with Crippen LogP contribution in [0.2, 0.25) is 0 Å². The van der Waals surface area contributed by atoms with E-state index in [1.807, 2.05) is 12.1 Å². The van der Waals surface area contributed by atoms with Crippen LogP contribution >= 0.6 is 0 Å². The minimum Gasteiger partial charge on any atom is -0.389 e. The number of ether oxygens (including phenoxy) is 2. The van der Waals surface area contributed by atoms with Crippen LogP contribution in [-0.4, -0.2) is 49.2 Å². The summed E-state index contributed by atoms with van der Waals surface area (Å²) in [7, 11) is 0. The Bertz CT molecular complexity index is 322. The third-order valence-electron chi connectivity index (χ3n) is 2.78. The predicted octanol–water partition coefficient (Wildman–Crippen LogP) is 1.37. The SMILES string of the molecule is CCCCOCCOCC(O)CNCc1ccncc1. The third-order valence-corrected chi connectivity index (χ3v) is 2.78. The van der Waals surface area contributed by atoms with Gasteiger partial charge in [0.2, 0.25) is 0 Å². The Hall–Kier alpha value is -1.01. The van der Waals surface area contributed by atoms with Crippen LogP contribution in [-0.2, 0) is 16.0 Å². The fraction of sp³-hybridized carbons (Fsp3) is 0.667. The number of pyridine rings is 1. The molecule has 20 heavy (non-hydrogen) atoms. The van der Waals surface area contributed by atoms with Crippen LogP contribution in [0.5, 0.6) is 0 Å². The zero-order valence-electron chi connectivity index (χ0n) is 12.3. The van der Waals surface area contributed by atoms with Gasteiger partial charge in [0.05, 0.1) is 25.9 Å². The lowest BCUT2D eigenvalue weighted by Gasteiger charge is -2.12. The monoisotopic (exact) mass is 282 g/mol. The first-order valence-corrected chi connectivity index (χ1v) is 7.26. The van der Waals surface area contributed by atoms with Crippen molar-refractivity contribution in [3.05, 3.63) is 30.1 Å². The quantitative estimate of drug-likeness (QED) is 0.567. The Labute approximate surface area is 121 Å². The number of hydrogen-bond acceptors (Lipinski definition) is 5. The van der Waals surface area contributed by atoms with Gasteiger partial charge in [-0.3, -0.25) is 4.98 Å². The molecule has 1 atom stereocenters. The number of rotatable bonds is 12. The van der Waals surface area contributed by atoms with E-state index in [0.717, 1.165) is 31.6 Å². The smallest absolute Gasteiger partial charge is 0.0897 e. The van der Waals surface area contributed by atoms with Crippen LogP contribution in [0.4, 0.5) is 0 Å². The summed E-state index contributed by atoms with van der Waals surface area (Å²) < 4.78 is 10.7. The molecule has 114 valence electrons. The lowest BCUT2D eigenvalue weighted by atomic mass is 10.2. The molecule has 0 aliphatic rings. The van der Waals surface area contributed by atoms with Gasteiger partial charge in [-0.15, -0.1) is 0 Å². The molecule has 0 radical (unpaired) electrons. The standard InChI is InChI=1S/C15H26N2O3/c1-2-3-8-19-9-10-20-13-15(18)12-17-11-14-4-6-16-7-5-14/h4-7,15,17-18H,2-3,8-13H2,1H3. The van der Waals surface area contributed by atoms with E-state index in [2.05, 4.69) is 17.2 Å². The van der Waals surface area contributed by atoms with Gasteiger partial charge >= 0.3 is 0 Å². The van der Waals surface area contributed by atoms with Crippen molar-refractivity contribution in [2.75, 3.05) is 33.0 Å². The van der Waals surface area contributed by atoms with Gasteiger partial charge in [0, 0.05) is 32.1 Å². The molecule has 5 heteroatoms. The topological polar surface area (TPSA) is 63.6 Å². The summed E-state index contributed by atoms with van der Waals surface area (Å²) in [5.41, 5.74) is 1.15. The molecule has 0 spiro atoms. The highest BCUT2D eigenvalue weighted by Gasteiger charge is 2.03. The Morgan fingerprint density at radius 2 is 1.95 bits per heavy atom. The van der Waals surface area contributed by atoms with Crippen molar-refractivity contribution in [3.63, 3.8) is 0 Å². The highest BCUT2D eigenvalue weighted by Crippen LogP contribution is 1.95. The molecule has 0 amide bonds. The summed E-state index contributed by atoms with van der Waals surface area (Å²) in [4.78, 5) is 3.96. The molecule has 0 saturated heterocycles. The third kappa shape index (κ3) is 8.98. The number of hydrogen-bond donors (Lipinski definition) is 2. The van der Waals surface area contributed by atoms with Crippen LogP contribution in [0, 0.1) is 0 Å². The van der Waals surface area contributed by atoms with Gasteiger partial charge in [0.1, 0.15) is 0 Å². The number of unbranched alkanes of at least 4 members (excludes halogenated alkanes) is 1. The molecule has 0 aliphatic heterocycles. The minimum absolute atomic E-state index is 0.334.